The summed E-state index contributed by atoms with van der Waals surface area (Å²) in [6.07, 6.45) is 1.83. The predicted octanol–water partition coefficient (Wildman–Crippen LogP) is 2.20. The lowest BCUT2D eigenvalue weighted by atomic mass is 10.4. The maximum atomic E-state index is 5.97. The van der Waals surface area contributed by atoms with E-state index in [0.717, 1.165) is 25.5 Å². The van der Waals surface area contributed by atoms with Crippen LogP contribution in [0.3, 0.4) is 0 Å². The molecule has 1 unspecified atom stereocenters. The molecule has 0 aliphatic carbocycles. The topological polar surface area (TPSA) is 53.7 Å². The third-order valence-corrected chi connectivity index (χ3v) is 6.69. The summed E-state index contributed by atoms with van der Waals surface area (Å²) in [5.41, 5.74) is 5.73. The molecular weight excluding hydrogens is 234 g/mol. The normalized spacial score (nSPS) is 13.9. The highest BCUT2D eigenvalue weighted by atomic mass is 28.4. The Labute approximate surface area is 107 Å². The van der Waals surface area contributed by atoms with Crippen molar-refractivity contribution in [3.63, 3.8) is 0 Å². The summed E-state index contributed by atoms with van der Waals surface area (Å²) >= 11 is 0. The molecule has 0 rings (SSSR count). The largest absolute Gasteiger partial charge is 0.393 e. The third-order valence-electron chi connectivity index (χ3n) is 2.71. The summed E-state index contributed by atoms with van der Waals surface area (Å²) in [5, 5.41) is 0. The van der Waals surface area contributed by atoms with Crippen LogP contribution in [0.5, 0.6) is 0 Å². The third kappa shape index (κ3) is 5.48. The van der Waals surface area contributed by atoms with E-state index in [-0.39, 0.29) is 5.73 Å². The first-order valence-electron chi connectivity index (χ1n) is 6.80. The van der Waals surface area contributed by atoms with E-state index in [0.29, 0.717) is 19.8 Å². The van der Waals surface area contributed by atoms with E-state index in [1.807, 2.05) is 13.8 Å². The summed E-state index contributed by atoms with van der Waals surface area (Å²) in [4.78, 5) is 0. The van der Waals surface area contributed by atoms with Crippen molar-refractivity contribution in [2.75, 3.05) is 26.4 Å². The average molecular weight is 263 g/mol. The minimum Gasteiger partial charge on any atom is -0.393 e. The first-order chi connectivity index (χ1) is 8.20. The molecule has 0 radical (unpaired) electrons. The van der Waals surface area contributed by atoms with Crippen LogP contribution in [0.25, 0.3) is 0 Å². The second kappa shape index (κ2) is 10.0. The van der Waals surface area contributed by atoms with Gasteiger partial charge in [0.2, 0.25) is 0 Å². The second-order valence-corrected chi connectivity index (χ2v) is 7.52. The zero-order chi connectivity index (χ0) is 13.1. The Kier molecular flexibility index (Phi) is 10.1. The molecule has 2 N–H and O–H groups in total. The highest BCUT2D eigenvalue weighted by Crippen LogP contribution is 2.23. The van der Waals surface area contributed by atoms with Crippen LogP contribution in [-0.2, 0) is 13.6 Å². The van der Waals surface area contributed by atoms with Crippen molar-refractivity contribution in [1.29, 1.82) is 0 Å². The van der Waals surface area contributed by atoms with Gasteiger partial charge in [0.15, 0.2) is 0 Å². The molecule has 0 aliphatic rings. The molecular formula is C12H29NO3Si. The van der Waals surface area contributed by atoms with Gasteiger partial charge in [-0.1, -0.05) is 13.8 Å². The van der Waals surface area contributed by atoms with Gasteiger partial charge in [0.25, 0.3) is 0 Å². The molecule has 1 atom stereocenters. The van der Waals surface area contributed by atoms with E-state index in [1.54, 1.807) is 0 Å². The summed E-state index contributed by atoms with van der Waals surface area (Å²) in [6, 6.07) is 0.906. The van der Waals surface area contributed by atoms with Gasteiger partial charge in [-0.15, -0.1) is 0 Å². The molecule has 0 spiro atoms. The van der Waals surface area contributed by atoms with Crippen molar-refractivity contribution >= 4 is 8.56 Å². The molecule has 0 aromatic heterocycles. The molecule has 0 saturated carbocycles. The number of hydrogen-bond donors (Lipinski definition) is 1. The minimum atomic E-state index is -2.26. The number of ether oxygens (including phenoxy) is 1. The molecule has 0 aliphatic heterocycles. The van der Waals surface area contributed by atoms with Gasteiger partial charge in [-0.2, -0.15) is 0 Å². The highest BCUT2D eigenvalue weighted by Gasteiger charge is 2.44. The van der Waals surface area contributed by atoms with Crippen molar-refractivity contribution in [3.05, 3.63) is 0 Å². The summed E-state index contributed by atoms with van der Waals surface area (Å²) in [6.45, 7) is 11.0. The quantitative estimate of drug-likeness (QED) is 0.581. The fraction of sp³-hybridized carbons (Fsp3) is 1.00. The molecule has 0 aromatic rings. The van der Waals surface area contributed by atoms with Gasteiger partial charge in [-0.3, -0.25) is 0 Å². The molecule has 5 heteroatoms. The lowest BCUT2D eigenvalue weighted by molar-refractivity contribution is 0.0434. The predicted molar refractivity (Wildman–Crippen MR) is 73.2 cm³/mol. The Bertz CT molecular complexity index is 175. The average Bonchev–Trinajstić information content (AvgIpc) is 2.34. The number of rotatable bonds is 11. The van der Waals surface area contributed by atoms with Crippen molar-refractivity contribution in [3.8, 4) is 0 Å². The van der Waals surface area contributed by atoms with E-state index >= 15 is 0 Å². The number of hydrogen-bond acceptors (Lipinski definition) is 4. The molecule has 104 valence electrons. The lowest BCUT2D eigenvalue weighted by Gasteiger charge is -2.36. The SMILES string of the molecule is CCCOC(CCN)[Si](CC)(OCC)OCC. The van der Waals surface area contributed by atoms with Gasteiger partial charge in [-0.25, -0.2) is 0 Å². The Balaban J connectivity index is 4.74. The maximum Gasteiger partial charge on any atom is 0.367 e. The van der Waals surface area contributed by atoms with Gasteiger partial charge >= 0.3 is 8.56 Å². The van der Waals surface area contributed by atoms with E-state index in [9.17, 15) is 0 Å². The van der Waals surface area contributed by atoms with E-state index in [2.05, 4.69) is 13.8 Å². The van der Waals surface area contributed by atoms with Crippen LogP contribution in [0.2, 0.25) is 6.04 Å². The van der Waals surface area contributed by atoms with Gasteiger partial charge in [0, 0.05) is 19.8 Å². The molecule has 17 heavy (non-hydrogen) atoms. The monoisotopic (exact) mass is 263 g/mol. The van der Waals surface area contributed by atoms with Gasteiger partial charge in [-0.05, 0) is 39.3 Å². The first-order valence-corrected chi connectivity index (χ1v) is 8.90. The van der Waals surface area contributed by atoms with Crippen molar-refractivity contribution < 1.29 is 13.6 Å². The Hall–Kier alpha value is 0.0569. The first kappa shape index (κ1) is 17.1. The van der Waals surface area contributed by atoms with Crippen LogP contribution in [-0.4, -0.2) is 40.7 Å². The lowest BCUT2D eigenvalue weighted by Crippen LogP contribution is -2.55. The van der Waals surface area contributed by atoms with Crippen LogP contribution >= 0.6 is 0 Å². The Morgan fingerprint density at radius 2 is 1.65 bits per heavy atom. The summed E-state index contributed by atoms with van der Waals surface area (Å²) < 4.78 is 17.9. The van der Waals surface area contributed by atoms with Crippen LogP contribution in [0.4, 0.5) is 0 Å². The fourth-order valence-corrected chi connectivity index (χ4v) is 5.26. The molecule has 0 saturated heterocycles. The second-order valence-electron chi connectivity index (χ2n) is 3.97. The van der Waals surface area contributed by atoms with Gasteiger partial charge < -0.3 is 19.3 Å². The number of nitrogens with two attached hydrogens (primary N) is 1. The summed E-state index contributed by atoms with van der Waals surface area (Å²) in [7, 11) is -2.26. The van der Waals surface area contributed by atoms with E-state index in [1.165, 1.54) is 0 Å². The molecule has 0 amide bonds. The maximum absolute atomic E-state index is 5.97. The minimum absolute atomic E-state index is 0.0531. The molecule has 0 fully saturated rings. The van der Waals surface area contributed by atoms with Gasteiger partial charge in [0.05, 0.1) is 0 Å². The highest BCUT2D eigenvalue weighted by molar-refractivity contribution is 6.68. The standard InChI is InChI=1S/C12H29NO3Si/c1-5-11-14-12(9-10-13)17(8-4,15-6-2)16-7-3/h12H,5-11,13H2,1-4H3. The summed E-state index contributed by atoms with van der Waals surface area (Å²) in [5.74, 6) is 0. The molecule has 0 heterocycles. The van der Waals surface area contributed by atoms with Crippen LogP contribution in [0.1, 0.15) is 40.5 Å². The van der Waals surface area contributed by atoms with E-state index < -0.39 is 8.56 Å². The fourth-order valence-electron chi connectivity index (χ4n) is 1.99. The van der Waals surface area contributed by atoms with Crippen LogP contribution in [0, 0.1) is 0 Å². The molecule has 4 nitrogen and oxygen atoms in total. The van der Waals surface area contributed by atoms with Crippen LogP contribution < -0.4 is 5.73 Å². The van der Waals surface area contributed by atoms with Crippen molar-refractivity contribution in [2.24, 2.45) is 5.73 Å². The van der Waals surface area contributed by atoms with E-state index in [4.69, 9.17) is 19.3 Å². The zero-order valence-electron chi connectivity index (χ0n) is 11.8. The molecule has 0 bridgehead atoms. The Morgan fingerprint density at radius 1 is 1.06 bits per heavy atom. The van der Waals surface area contributed by atoms with Crippen LogP contribution in [0.15, 0.2) is 0 Å². The van der Waals surface area contributed by atoms with Gasteiger partial charge in [0.1, 0.15) is 5.73 Å². The zero-order valence-corrected chi connectivity index (χ0v) is 12.8. The van der Waals surface area contributed by atoms with Crippen molar-refractivity contribution in [1.82, 2.24) is 0 Å². The molecule has 0 aromatic carbocycles. The Morgan fingerprint density at radius 3 is 2.00 bits per heavy atom. The van der Waals surface area contributed by atoms with Crippen molar-refractivity contribution in [2.45, 2.75) is 52.3 Å². The smallest absolute Gasteiger partial charge is 0.367 e.